The Morgan fingerprint density at radius 3 is 1.62 bits per heavy atom. The zero-order valence-electron chi connectivity index (χ0n) is 5.51. The molecule has 47 valence electrons. The molecular weight excluding hydrogens is 185 g/mol. The van der Waals surface area contributed by atoms with Gasteiger partial charge in [-0.2, -0.15) is 5.57 Å². The van der Waals surface area contributed by atoms with E-state index in [2.05, 4.69) is 0 Å². The van der Waals surface area contributed by atoms with E-state index in [4.69, 9.17) is 6.58 Å². The van der Waals surface area contributed by atoms with Crippen LogP contribution in [0.1, 0.15) is 20.8 Å². The first-order valence-corrected chi connectivity index (χ1v) is 2.37. The van der Waals surface area contributed by atoms with Gasteiger partial charge in [0.05, 0.1) is 0 Å². The van der Waals surface area contributed by atoms with Crippen molar-refractivity contribution in [2.75, 3.05) is 0 Å². The van der Waals surface area contributed by atoms with E-state index in [9.17, 15) is 0 Å². The van der Waals surface area contributed by atoms with Crippen molar-refractivity contribution in [2.45, 2.75) is 20.8 Å². The topological polar surface area (TPSA) is 0 Å². The minimum atomic E-state index is 0. The van der Waals surface area contributed by atoms with Crippen molar-refractivity contribution in [3.63, 3.8) is 0 Å². The standard InChI is InChI=1S/C7H11.Ru/c1-6(2)5-7(3)4;/h1,5H,2-4H3;/q-1;+1. The summed E-state index contributed by atoms with van der Waals surface area (Å²) in [5.41, 5.74) is 2.13. The average molecular weight is 196 g/mol. The predicted molar refractivity (Wildman–Crippen MR) is 32.9 cm³/mol. The minimum absolute atomic E-state index is 0. The first-order valence-electron chi connectivity index (χ1n) is 2.37. The molecule has 0 heterocycles. The van der Waals surface area contributed by atoms with Crippen molar-refractivity contribution in [1.82, 2.24) is 0 Å². The van der Waals surface area contributed by atoms with Crippen LogP contribution < -0.4 is 0 Å². The van der Waals surface area contributed by atoms with E-state index in [1.54, 1.807) is 0 Å². The second kappa shape index (κ2) is 5.24. The van der Waals surface area contributed by atoms with E-state index in [1.165, 1.54) is 5.57 Å². The zero-order chi connectivity index (χ0) is 5.86. The fourth-order valence-electron chi connectivity index (χ4n) is 0.455. The number of hydrogen-bond acceptors (Lipinski definition) is 0. The molecule has 0 aromatic heterocycles. The van der Waals surface area contributed by atoms with Crippen LogP contribution in [-0.2, 0) is 19.5 Å². The quantitative estimate of drug-likeness (QED) is 0.343. The monoisotopic (exact) mass is 197 g/mol. The molecule has 0 spiro atoms. The van der Waals surface area contributed by atoms with Gasteiger partial charge in [0.1, 0.15) is 0 Å². The molecule has 0 aliphatic carbocycles. The molecule has 0 bridgehead atoms. The Labute approximate surface area is 64.4 Å². The number of rotatable bonds is 1. The molecule has 0 saturated carbocycles. The van der Waals surface area contributed by atoms with Gasteiger partial charge in [0, 0.05) is 0 Å². The Hall–Kier alpha value is 0.103. The maximum absolute atomic E-state index is 5.33. The molecule has 0 aromatic rings. The fraction of sp³-hybridized carbons (Fsp3) is 0.429. The largest absolute Gasteiger partial charge is 1.00 e. The molecule has 0 aromatic carbocycles. The number of hydrogen-bond donors (Lipinski definition) is 0. The summed E-state index contributed by atoms with van der Waals surface area (Å²) in [5.74, 6) is 0. The summed E-state index contributed by atoms with van der Waals surface area (Å²) in [6, 6.07) is 0. The SMILES string of the molecule is [CH-]=C(C)C=C(C)C.[Ru+]. The van der Waals surface area contributed by atoms with Gasteiger partial charge in [0.2, 0.25) is 0 Å². The zero-order valence-corrected chi connectivity index (χ0v) is 7.25. The van der Waals surface area contributed by atoms with Crippen LogP contribution in [0.25, 0.3) is 0 Å². The summed E-state index contributed by atoms with van der Waals surface area (Å²) >= 11 is 0. The average Bonchev–Trinajstić information content (AvgIpc) is 1.27. The molecule has 0 saturated heterocycles. The predicted octanol–water partition coefficient (Wildman–Crippen LogP) is 2.33. The van der Waals surface area contributed by atoms with E-state index in [0.717, 1.165) is 5.57 Å². The molecule has 0 N–H and O–H groups in total. The molecule has 0 atom stereocenters. The van der Waals surface area contributed by atoms with Gasteiger partial charge in [-0.15, -0.1) is 0 Å². The van der Waals surface area contributed by atoms with Gasteiger partial charge < -0.3 is 0 Å². The van der Waals surface area contributed by atoms with Crippen molar-refractivity contribution < 1.29 is 19.5 Å². The van der Waals surface area contributed by atoms with Gasteiger partial charge in [-0.1, -0.05) is 20.8 Å². The molecule has 1 heteroatoms. The van der Waals surface area contributed by atoms with Gasteiger partial charge in [-0.25, -0.2) is 11.6 Å². The van der Waals surface area contributed by atoms with Crippen LogP contribution in [-0.4, -0.2) is 0 Å². The molecule has 0 fully saturated rings. The Morgan fingerprint density at radius 2 is 1.62 bits per heavy atom. The third kappa shape index (κ3) is 9.44. The smallest absolute Gasteiger partial charge is 0.290 e. The van der Waals surface area contributed by atoms with Crippen molar-refractivity contribution >= 4 is 0 Å². The second-order valence-corrected chi connectivity index (χ2v) is 1.97. The van der Waals surface area contributed by atoms with Crippen molar-refractivity contribution in [1.29, 1.82) is 0 Å². The molecule has 1 radical (unpaired) electrons. The van der Waals surface area contributed by atoms with Crippen LogP contribution in [0, 0.1) is 6.58 Å². The van der Waals surface area contributed by atoms with E-state index >= 15 is 0 Å². The van der Waals surface area contributed by atoms with Crippen molar-refractivity contribution in [2.24, 2.45) is 0 Å². The van der Waals surface area contributed by atoms with Gasteiger partial charge in [0.25, 0.3) is 0 Å². The summed E-state index contributed by atoms with van der Waals surface area (Å²) in [5, 5.41) is 0. The van der Waals surface area contributed by atoms with Gasteiger partial charge in [-0.3, -0.25) is 6.58 Å². The Balaban J connectivity index is 0. The second-order valence-electron chi connectivity index (χ2n) is 1.97. The molecule has 0 amide bonds. The van der Waals surface area contributed by atoms with Crippen LogP contribution in [0.4, 0.5) is 0 Å². The molecule has 0 nitrogen and oxygen atoms in total. The van der Waals surface area contributed by atoms with Crippen molar-refractivity contribution in [3.8, 4) is 0 Å². The summed E-state index contributed by atoms with van der Waals surface area (Å²) in [6.07, 6.45) is 1.94. The Morgan fingerprint density at radius 1 is 1.25 bits per heavy atom. The normalized spacial score (nSPS) is 6.88. The Kier molecular flexibility index (Phi) is 7.20. The fourth-order valence-corrected chi connectivity index (χ4v) is 0.455. The Bertz CT molecular complexity index is 97.0. The third-order valence-corrected chi connectivity index (χ3v) is 0.516. The molecule has 8 heavy (non-hydrogen) atoms. The summed E-state index contributed by atoms with van der Waals surface area (Å²) in [7, 11) is 0. The molecule has 0 unspecified atom stereocenters. The summed E-state index contributed by atoms with van der Waals surface area (Å²) in [4.78, 5) is 0. The van der Waals surface area contributed by atoms with Crippen LogP contribution >= 0.6 is 0 Å². The molecule has 0 aliphatic rings. The van der Waals surface area contributed by atoms with Gasteiger partial charge in [-0.05, 0) is 0 Å². The molecule has 0 rings (SSSR count). The number of allylic oxidation sites excluding steroid dienone is 3. The van der Waals surface area contributed by atoms with E-state index in [-0.39, 0.29) is 19.5 Å². The van der Waals surface area contributed by atoms with E-state index in [1.807, 2.05) is 26.8 Å². The van der Waals surface area contributed by atoms with E-state index < -0.39 is 0 Å². The van der Waals surface area contributed by atoms with Crippen LogP contribution in [0.5, 0.6) is 0 Å². The minimum Gasteiger partial charge on any atom is -0.290 e. The third-order valence-electron chi connectivity index (χ3n) is 0.516. The first kappa shape index (κ1) is 11.0. The van der Waals surface area contributed by atoms with E-state index in [0.29, 0.717) is 0 Å². The summed E-state index contributed by atoms with van der Waals surface area (Å²) < 4.78 is 0. The van der Waals surface area contributed by atoms with Gasteiger partial charge in [0.15, 0.2) is 0 Å². The summed E-state index contributed by atoms with van der Waals surface area (Å²) in [6.45, 7) is 11.3. The maximum atomic E-state index is 5.33. The van der Waals surface area contributed by atoms with Crippen LogP contribution in [0.2, 0.25) is 0 Å². The van der Waals surface area contributed by atoms with Crippen LogP contribution in [0.3, 0.4) is 0 Å². The maximum Gasteiger partial charge on any atom is 1.00 e. The van der Waals surface area contributed by atoms with Gasteiger partial charge >= 0.3 is 19.5 Å². The molecule has 0 aliphatic heterocycles. The first-order chi connectivity index (χ1) is 3.13. The van der Waals surface area contributed by atoms with Crippen LogP contribution in [0.15, 0.2) is 17.2 Å². The molecular formula is C7H11Ru. The van der Waals surface area contributed by atoms with Crippen molar-refractivity contribution in [3.05, 3.63) is 23.8 Å².